The van der Waals surface area contributed by atoms with Gasteiger partial charge in [0.1, 0.15) is 5.75 Å². The number of anilines is 1. The minimum absolute atomic E-state index is 0.0858. The Morgan fingerprint density at radius 1 is 1.24 bits per heavy atom. The maximum Gasteiger partial charge on any atom is 0.324 e. The van der Waals surface area contributed by atoms with Crippen molar-refractivity contribution < 1.29 is 9.53 Å². The molecule has 2 aromatic carbocycles. The molecule has 0 unspecified atom stereocenters. The first-order valence-corrected chi connectivity index (χ1v) is 9.13. The second-order valence-electron chi connectivity index (χ2n) is 6.04. The van der Waals surface area contributed by atoms with E-state index in [2.05, 4.69) is 10.3 Å². The smallest absolute Gasteiger partial charge is 0.324 e. The molecule has 4 rings (SSSR count). The van der Waals surface area contributed by atoms with Gasteiger partial charge in [-0.2, -0.15) is 0 Å². The zero-order valence-corrected chi connectivity index (χ0v) is 14.8. The Hall–Kier alpha value is -2.60. The number of urea groups is 1. The highest BCUT2D eigenvalue weighted by molar-refractivity contribution is 7.22. The molecule has 1 saturated heterocycles. The number of methoxy groups -OCH3 is 1. The predicted octanol–water partition coefficient (Wildman–Crippen LogP) is 4.67. The van der Waals surface area contributed by atoms with Crippen molar-refractivity contribution in [3.63, 3.8) is 0 Å². The quantitative estimate of drug-likeness (QED) is 0.744. The van der Waals surface area contributed by atoms with E-state index in [0.29, 0.717) is 5.13 Å². The maximum atomic E-state index is 12.8. The average molecular weight is 353 g/mol. The van der Waals surface area contributed by atoms with Crippen LogP contribution in [0.1, 0.15) is 24.4 Å². The summed E-state index contributed by atoms with van der Waals surface area (Å²) >= 11 is 1.50. The van der Waals surface area contributed by atoms with Gasteiger partial charge in [-0.3, -0.25) is 5.32 Å². The van der Waals surface area contributed by atoms with E-state index in [-0.39, 0.29) is 12.1 Å². The predicted molar refractivity (Wildman–Crippen MR) is 100 cm³/mol. The van der Waals surface area contributed by atoms with Gasteiger partial charge in [0.2, 0.25) is 0 Å². The Balaban J connectivity index is 1.51. The highest BCUT2D eigenvalue weighted by atomic mass is 32.1. The zero-order valence-electron chi connectivity index (χ0n) is 13.9. The number of aromatic nitrogens is 1. The molecule has 2 amide bonds. The highest BCUT2D eigenvalue weighted by Gasteiger charge is 2.30. The topological polar surface area (TPSA) is 54.5 Å². The lowest BCUT2D eigenvalue weighted by Gasteiger charge is -2.25. The van der Waals surface area contributed by atoms with E-state index in [1.807, 2.05) is 53.4 Å². The van der Waals surface area contributed by atoms with Crippen LogP contribution >= 0.6 is 11.3 Å². The van der Waals surface area contributed by atoms with E-state index in [1.165, 1.54) is 11.3 Å². The van der Waals surface area contributed by atoms with Crippen LogP contribution < -0.4 is 10.1 Å². The molecule has 1 aliphatic heterocycles. The lowest BCUT2D eigenvalue weighted by atomic mass is 10.0. The summed E-state index contributed by atoms with van der Waals surface area (Å²) in [5, 5.41) is 3.61. The second kappa shape index (κ2) is 6.72. The van der Waals surface area contributed by atoms with Crippen LogP contribution in [0.2, 0.25) is 0 Å². The summed E-state index contributed by atoms with van der Waals surface area (Å²) in [6.07, 6.45) is 1.98. The summed E-state index contributed by atoms with van der Waals surface area (Å²) in [5.41, 5.74) is 2.05. The summed E-state index contributed by atoms with van der Waals surface area (Å²) in [4.78, 5) is 19.1. The minimum Gasteiger partial charge on any atom is -0.497 e. The van der Waals surface area contributed by atoms with Crippen molar-refractivity contribution in [3.8, 4) is 5.75 Å². The first-order chi connectivity index (χ1) is 12.2. The number of hydrogen-bond acceptors (Lipinski definition) is 4. The number of thiazole rings is 1. The maximum absolute atomic E-state index is 12.8. The van der Waals surface area contributed by atoms with Crippen LogP contribution in [0.5, 0.6) is 5.75 Å². The number of amides is 2. The monoisotopic (exact) mass is 353 g/mol. The van der Waals surface area contributed by atoms with Crippen LogP contribution in [0, 0.1) is 0 Å². The standard InChI is InChI=1S/C19H19N3O2S/c1-24-14-10-8-13(9-11-14)16-6-4-12-22(16)19(23)21-18-20-15-5-2-3-7-17(15)25-18/h2-3,5,7-11,16H,4,6,12H2,1H3,(H,20,21,23)/t16-/m1/s1. The summed E-state index contributed by atoms with van der Waals surface area (Å²) < 4.78 is 6.29. The Labute approximate surface area is 150 Å². The fourth-order valence-electron chi connectivity index (χ4n) is 3.27. The number of para-hydroxylation sites is 1. The van der Waals surface area contributed by atoms with Gasteiger partial charge >= 0.3 is 6.03 Å². The number of rotatable bonds is 3. The number of fused-ring (bicyclic) bond motifs is 1. The van der Waals surface area contributed by atoms with E-state index >= 15 is 0 Å². The first kappa shape index (κ1) is 15.9. The molecular weight excluding hydrogens is 334 g/mol. The van der Waals surface area contributed by atoms with Gasteiger partial charge in [0.15, 0.2) is 5.13 Å². The van der Waals surface area contributed by atoms with Gasteiger partial charge in [-0.1, -0.05) is 35.6 Å². The van der Waals surface area contributed by atoms with Crippen LogP contribution in [-0.2, 0) is 0 Å². The van der Waals surface area contributed by atoms with Crippen molar-refractivity contribution >= 4 is 32.7 Å². The molecule has 1 atom stereocenters. The lowest BCUT2D eigenvalue weighted by Crippen LogP contribution is -2.34. The molecule has 3 aromatic rings. The van der Waals surface area contributed by atoms with E-state index in [1.54, 1.807) is 7.11 Å². The van der Waals surface area contributed by atoms with E-state index in [4.69, 9.17) is 4.74 Å². The van der Waals surface area contributed by atoms with Gasteiger partial charge in [0.25, 0.3) is 0 Å². The minimum atomic E-state index is -0.0858. The fourth-order valence-corrected chi connectivity index (χ4v) is 4.13. The lowest BCUT2D eigenvalue weighted by molar-refractivity contribution is 0.207. The molecule has 6 heteroatoms. The van der Waals surface area contributed by atoms with Crippen LogP contribution in [-0.4, -0.2) is 29.6 Å². The average Bonchev–Trinajstić information content (AvgIpc) is 3.28. The molecule has 1 aromatic heterocycles. The Kier molecular flexibility index (Phi) is 4.28. The largest absolute Gasteiger partial charge is 0.497 e. The first-order valence-electron chi connectivity index (χ1n) is 8.32. The van der Waals surface area contributed by atoms with Crippen LogP contribution in [0.25, 0.3) is 10.2 Å². The van der Waals surface area contributed by atoms with E-state index in [9.17, 15) is 4.79 Å². The SMILES string of the molecule is COc1ccc([C@H]2CCCN2C(=O)Nc2nc3ccccc3s2)cc1. The van der Waals surface area contributed by atoms with Crippen molar-refractivity contribution in [3.05, 3.63) is 54.1 Å². The van der Waals surface area contributed by atoms with Gasteiger partial charge in [-0.25, -0.2) is 9.78 Å². The number of benzene rings is 2. The van der Waals surface area contributed by atoms with E-state index in [0.717, 1.165) is 40.9 Å². The number of carbonyl (C=O) groups is 1. The Morgan fingerprint density at radius 3 is 2.80 bits per heavy atom. The van der Waals surface area contributed by atoms with Gasteiger partial charge in [0, 0.05) is 6.54 Å². The summed E-state index contributed by atoms with van der Waals surface area (Å²) in [6.45, 7) is 0.757. The van der Waals surface area contributed by atoms with E-state index < -0.39 is 0 Å². The molecule has 0 saturated carbocycles. The Morgan fingerprint density at radius 2 is 2.04 bits per heavy atom. The number of hydrogen-bond donors (Lipinski definition) is 1. The molecule has 0 spiro atoms. The molecule has 2 heterocycles. The van der Waals surface area contributed by atoms with Gasteiger partial charge in [-0.15, -0.1) is 0 Å². The third-order valence-electron chi connectivity index (χ3n) is 4.52. The molecule has 1 N–H and O–H groups in total. The number of carbonyl (C=O) groups excluding carboxylic acids is 1. The van der Waals surface area contributed by atoms with Crippen LogP contribution in [0.4, 0.5) is 9.93 Å². The zero-order chi connectivity index (χ0) is 17.2. The highest BCUT2D eigenvalue weighted by Crippen LogP contribution is 2.34. The Bertz CT molecular complexity index is 858. The third-order valence-corrected chi connectivity index (χ3v) is 5.47. The third kappa shape index (κ3) is 3.17. The van der Waals surface area contributed by atoms with Crippen molar-refractivity contribution in [1.29, 1.82) is 0 Å². The van der Waals surface area contributed by atoms with Gasteiger partial charge in [0.05, 0.1) is 23.4 Å². The molecule has 5 nitrogen and oxygen atoms in total. The summed E-state index contributed by atoms with van der Waals surface area (Å²) in [6, 6.07) is 15.9. The molecule has 1 fully saturated rings. The normalized spacial score (nSPS) is 17.0. The number of likely N-dealkylation sites (tertiary alicyclic amines) is 1. The summed E-state index contributed by atoms with van der Waals surface area (Å²) in [5.74, 6) is 0.826. The summed E-state index contributed by atoms with van der Waals surface area (Å²) in [7, 11) is 1.66. The van der Waals surface area contributed by atoms with Crippen LogP contribution in [0.3, 0.4) is 0 Å². The second-order valence-corrected chi connectivity index (χ2v) is 7.07. The number of nitrogens with zero attached hydrogens (tertiary/aromatic N) is 2. The molecule has 128 valence electrons. The van der Waals surface area contributed by atoms with Gasteiger partial charge in [-0.05, 0) is 42.7 Å². The van der Waals surface area contributed by atoms with Gasteiger partial charge < -0.3 is 9.64 Å². The van der Waals surface area contributed by atoms with Crippen molar-refractivity contribution in [2.24, 2.45) is 0 Å². The number of nitrogens with one attached hydrogen (secondary N) is 1. The van der Waals surface area contributed by atoms with Crippen molar-refractivity contribution in [2.75, 3.05) is 19.0 Å². The van der Waals surface area contributed by atoms with Crippen molar-refractivity contribution in [2.45, 2.75) is 18.9 Å². The number of ether oxygens (including phenoxy) is 1. The van der Waals surface area contributed by atoms with Crippen molar-refractivity contribution in [1.82, 2.24) is 9.88 Å². The molecule has 1 aliphatic rings. The molecule has 0 bridgehead atoms. The molecule has 0 aliphatic carbocycles. The molecule has 25 heavy (non-hydrogen) atoms. The molecular formula is C19H19N3O2S. The van der Waals surface area contributed by atoms with Crippen LogP contribution in [0.15, 0.2) is 48.5 Å². The fraction of sp³-hybridized carbons (Fsp3) is 0.263. The molecule has 0 radical (unpaired) electrons.